The van der Waals surface area contributed by atoms with Crippen LogP contribution in [0.15, 0.2) is 28.2 Å². The fraction of sp³-hybridized carbons (Fsp3) is 0.667. The summed E-state index contributed by atoms with van der Waals surface area (Å²) >= 11 is 0. The van der Waals surface area contributed by atoms with Crippen LogP contribution in [0.5, 0.6) is 5.88 Å². The van der Waals surface area contributed by atoms with Gasteiger partial charge in [0, 0.05) is 43.7 Å². The van der Waals surface area contributed by atoms with Crippen molar-refractivity contribution in [3.8, 4) is 5.88 Å². The number of aliphatic imine (C=N–C) groups is 2. The standard InChI is InChI=1S/C21H25F7N6O/c22-18(23)8-4-12(5-9-18)20(14-2-1-3-15(31-14)35-21(26,27)28)33-16(29)32-17(34-20)30-13-6-10-19(24,25)11-7-13/h1-3,12-13H,4-11H2,(H4,29,30,32,33,34). The first-order chi connectivity index (χ1) is 16.3. The highest BCUT2D eigenvalue weighted by Gasteiger charge is 2.49. The van der Waals surface area contributed by atoms with E-state index in [1.807, 2.05) is 0 Å². The molecule has 1 aromatic heterocycles. The maximum atomic E-state index is 13.9. The molecule has 2 heterocycles. The number of nitrogens with zero attached hydrogens (tertiary/aromatic N) is 3. The van der Waals surface area contributed by atoms with Crippen LogP contribution >= 0.6 is 0 Å². The van der Waals surface area contributed by atoms with E-state index in [1.165, 1.54) is 12.1 Å². The molecule has 0 spiro atoms. The third kappa shape index (κ3) is 6.07. The van der Waals surface area contributed by atoms with Gasteiger partial charge in [-0.05, 0) is 31.7 Å². The molecule has 3 aliphatic rings. The number of ether oxygens (including phenoxy) is 1. The molecule has 4 rings (SSSR count). The Morgan fingerprint density at radius 3 is 2.17 bits per heavy atom. The fourth-order valence-electron chi connectivity index (χ4n) is 4.79. The van der Waals surface area contributed by atoms with Gasteiger partial charge >= 0.3 is 6.36 Å². The second-order valence-corrected chi connectivity index (χ2v) is 9.14. The molecule has 35 heavy (non-hydrogen) atoms. The topological polar surface area (TPSA) is 96.9 Å². The molecule has 194 valence electrons. The highest BCUT2D eigenvalue weighted by atomic mass is 19.4. The molecule has 1 atom stereocenters. The zero-order valence-electron chi connectivity index (χ0n) is 18.5. The lowest BCUT2D eigenvalue weighted by Crippen LogP contribution is -2.60. The van der Waals surface area contributed by atoms with Crippen molar-refractivity contribution < 1.29 is 35.5 Å². The third-order valence-corrected chi connectivity index (χ3v) is 6.53. The number of guanidine groups is 2. The number of hydrogen-bond donors (Lipinski definition) is 3. The van der Waals surface area contributed by atoms with Gasteiger partial charge in [-0.25, -0.2) is 27.5 Å². The van der Waals surface area contributed by atoms with Crippen molar-refractivity contribution in [1.82, 2.24) is 15.6 Å². The molecule has 1 unspecified atom stereocenters. The normalized spacial score (nSPS) is 27.4. The highest BCUT2D eigenvalue weighted by molar-refractivity contribution is 5.96. The van der Waals surface area contributed by atoms with Crippen molar-refractivity contribution in [2.45, 2.75) is 81.3 Å². The molecule has 14 heteroatoms. The summed E-state index contributed by atoms with van der Waals surface area (Å²) in [7, 11) is 0. The van der Waals surface area contributed by atoms with Gasteiger partial charge in [-0.2, -0.15) is 4.99 Å². The number of aromatic nitrogens is 1. The molecule has 4 N–H and O–H groups in total. The van der Waals surface area contributed by atoms with Gasteiger partial charge in [0.2, 0.25) is 29.6 Å². The lowest BCUT2D eigenvalue weighted by molar-refractivity contribution is -0.276. The van der Waals surface area contributed by atoms with Crippen molar-refractivity contribution in [3.63, 3.8) is 0 Å². The number of halogens is 7. The van der Waals surface area contributed by atoms with Crippen LogP contribution in [0.3, 0.4) is 0 Å². The summed E-state index contributed by atoms with van der Waals surface area (Å²) in [6.07, 6.45) is -6.27. The van der Waals surface area contributed by atoms with Crippen LogP contribution in [0.25, 0.3) is 0 Å². The summed E-state index contributed by atoms with van der Waals surface area (Å²) in [5.41, 5.74) is 4.32. The number of nitrogens with one attached hydrogen (secondary N) is 2. The Morgan fingerprint density at radius 2 is 1.57 bits per heavy atom. The molecule has 7 nitrogen and oxygen atoms in total. The smallest absolute Gasteiger partial charge is 0.388 e. The number of pyridine rings is 1. The molecule has 2 saturated carbocycles. The average molecular weight is 510 g/mol. The molecule has 2 fully saturated rings. The first kappa shape index (κ1) is 25.3. The van der Waals surface area contributed by atoms with Crippen LogP contribution in [0.2, 0.25) is 0 Å². The fourth-order valence-corrected chi connectivity index (χ4v) is 4.79. The zero-order chi connectivity index (χ0) is 25.5. The van der Waals surface area contributed by atoms with Crippen LogP contribution in [-0.2, 0) is 5.66 Å². The minimum atomic E-state index is -4.99. The van der Waals surface area contributed by atoms with Gasteiger partial charge in [0.25, 0.3) is 0 Å². The summed E-state index contributed by atoms with van der Waals surface area (Å²) in [6.45, 7) is 0. The van der Waals surface area contributed by atoms with Crippen LogP contribution in [0.1, 0.15) is 57.1 Å². The Kier molecular flexibility index (Phi) is 6.51. The molecule has 0 bridgehead atoms. The van der Waals surface area contributed by atoms with E-state index in [2.05, 4.69) is 30.3 Å². The quantitative estimate of drug-likeness (QED) is 0.522. The highest BCUT2D eigenvalue weighted by Crippen LogP contribution is 2.45. The predicted octanol–water partition coefficient (Wildman–Crippen LogP) is 4.40. The summed E-state index contributed by atoms with van der Waals surface area (Å²) in [4.78, 5) is 12.4. The van der Waals surface area contributed by atoms with Gasteiger partial charge in [-0.3, -0.25) is 0 Å². The summed E-state index contributed by atoms with van der Waals surface area (Å²) in [5, 5.41) is 6.02. The van der Waals surface area contributed by atoms with Gasteiger partial charge in [-0.15, -0.1) is 13.2 Å². The van der Waals surface area contributed by atoms with Gasteiger partial charge < -0.3 is 21.1 Å². The monoisotopic (exact) mass is 510 g/mol. The average Bonchev–Trinajstić information content (AvgIpc) is 2.74. The summed E-state index contributed by atoms with van der Waals surface area (Å²) < 4.78 is 97.2. The van der Waals surface area contributed by atoms with Gasteiger partial charge in [0.05, 0.1) is 5.69 Å². The predicted molar refractivity (Wildman–Crippen MR) is 112 cm³/mol. The second-order valence-electron chi connectivity index (χ2n) is 9.14. The first-order valence-electron chi connectivity index (χ1n) is 11.2. The molecule has 0 radical (unpaired) electrons. The van der Waals surface area contributed by atoms with Crippen molar-refractivity contribution in [2.24, 2.45) is 21.6 Å². The third-order valence-electron chi connectivity index (χ3n) is 6.53. The Bertz CT molecular complexity index is 979. The van der Waals surface area contributed by atoms with Gasteiger partial charge in [0.15, 0.2) is 5.66 Å². The summed E-state index contributed by atoms with van der Waals surface area (Å²) in [6, 6.07) is 3.31. The Morgan fingerprint density at radius 1 is 0.971 bits per heavy atom. The molecule has 1 aliphatic heterocycles. The Labute approximate surface area is 196 Å². The number of rotatable bonds is 4. The minimum absolute atomic E-state index is 0.0221. The van der Waals surface area contributed by atoms with Crippen molar-refractivity contribution in [2.75, 3.05) is 0 Å². The lowest BCUT2D eigenvalue weighted by Gasteiger charge is -2.44. The van der Waals surface area contributed by atoms with E-state index in [9.17, 15) is 30.7 Å². The van der Waals surface area contributed by atoms with E-state index in [-0.39, 0.29) is 62.2 Å². The zero-order valence-corrected chi connectivity index (χ0v) is 18.5. The van der Waals surface area contributed by atoms with Gasteiger partial charge in [0.1, 0.15) is 0 Å². The van der Waals surface area contributed by atoms with Crippen LogP contribution in [-0.4, -0.2) is 41.2 Å². The van der Waals surface area contributed by atoms with Crippen molar-refractivity contribution in [1.29, 1.82) is 0 Å². The van der Waals surface area contributed by atoms with E-state index in [0.717, 1.165) is 6.07 Å². The van der Waals surface area contributed by atoms with Crippen LogP contribution in [0, 0.1) is 5.92 Å². The number of nitrogens with two attached hydrogens (primary N) is 1. The van der Waals surface area contributed by atoms with Crippen molar-refractivity contribution >= 4 is 11.9 Å². The Hall–Kier alpha value is -2.80. The second kappa shape index (κ2) is 9.01. The maximum absolute atomic E-state index is 13.9. The van der Waals surface area contributed by atoms with Gasteiger partial charge in [-0.1, -0.05) is 6.07 Å². The molecule has 2 aliphatic carbocycles. The minimum Gasteiger partial charge on any atom is -0.388 e. The molecular weight excluding hydrogens is 485 g/mol. The van der Waals surface area contributed by atoms with Crippen LogP contribution in [0.4, 0.5) is 30.7 Å². The molecule has 1 aromatic rings. The summed E-state index contributed by atoms with van der Waals surface area (Å²) in [5.74, 6) is -7.20. The van der Waals surface area contributed by atoms with E-state index in [1.54, 1.807) is 0 Å². The van der Waals surface area contributed by atoms with E-state index in [4.69, 9.17) is 5.73 Å². The molecular formula is C21H25F7N6O. The largest absolute Gasteiger partial charge is 0.574 e. The molecule has 0 saturated heterocycles. The van der Waals surface area contributed by atoms with E-state index in [0.29, 0.717) is 0 Å². The number of alkyl halides is 7. The van der Waals surface area contributed by atoms with E-state index >= 15 is 0 Å². The first-order valence-corrected chi connectivity index (χ1v) is 11.2. The van der Waals surface area contributed by atoms with Crippen molar-refractivity contribution in [3.05, 3.63) is 23.9 Å². The van der Waals surface area contributed by atoms with E-state index < -0.39 is 48.5 Å². The SMILES string of the molecule is NC1=NC(c2cccc(OC(F)(F)F)n2)(C2CCC(F)(F)CC2)NC(NC2CCC(F)(F)CC2)=N1. The Balaban J connectivity index is 1.65. The molecule has 0 amide bonds. The maximum Gasteiger partial charge on any atom is 0.574 e. The number of hydrogen-bond acceptors (Lipinski definition) is 7. The molecule has 0 aromatic carbocycles. The lowest BCUT2D eigenvalue weighted by atomic mass is 9.76. The van der Waals surface area contributed by atoms with Crippen LogP contribution < -0.4 is 21.1 Å².